The number of halogens is 1. The highest BCUT2D eigenvalue weighted by Crippen LogP contribution is 2.37. The number of nitrogens with one attached hydrogen (secondary N) is 1. The monoisotopic (exact) mass is 573 g/mol. The first-order chi connectivity index (χ1) is 19.1. The van der Waals surface area contributed by atoms with Crippen LogP contribution in [0.4, 0.5) is 35.8 Å². The zero-order valence-electron chi connectivity index (χ0n) is 24.4. The molecule has 41 heavy (non-hydrogen) atoms. The molecule has 0 unspecified atom stereocenters. The molecule has 1 fully saturated rings. The predicted molar refractivity (Wildman–Crippen MR) is 153 cm³/mol. The molecular weight excluding hydrogens is 536 g/mol. The van der Waals surface area contributed by atoms with Gasteiger partial charge in [-0.05, 0) is 71.6 Å². The summed E-state index contributed by atoms with van der Waals surface area (Å²) in [5, 5.41) is 12.1. The van der Waals surface area contributed by atoms with Gasteiger partial charge in [-0.1, -0.05) is 24.3 Å². The van der Waals surface area contributed by atoms with Gasteiger partial charge in [0.05, 0.1) is 31.1 Å². The zero-order valence-corrected chi connectivity index (χ0v) is 24.4. The first-order valence-corrected chi connectivity index (χ1v) is 13.2. The number of amides is 3. The van der Waals surface area contributed by atoms with Gasteiger partial charge in [0.2, 0.25) is 0 Å². The van der Waals surface area contributed by atoms with Crippen LogP contribution in [0, 0.1) is 5.82 Å². The summed E-state index contributed by atoms with van der Waals surface area (Å²) in [6.45, 7) is 12.4. The lowest BCUT2D eigenvalue weighted by Gasteiger charge is -2.30. The van der Waals surface area contributed by atoms with Gasteiger partial charge in [-0.2, -0.15) is 0 Å². The smallest absolute Gasteiger partial charge is 0.465 e. The molecule has 3 rings (SSSR count). The van der Waals surface area contributed by atoms with Crippen molar-refractivity contribution >= 4 is 47.9 Å². The number of carbonyl (C=O) groups is 3. The third-order valence-corrected chi connectivity index (χ3v) is 5.68. The minimum Gasteiger partial charge on any atom is -0.465 e. The number of hydrogen-bond donors (Lipinski definition) is 2. The van der Waals surface area contributed by atoms with E-state index in [0.717, 1.165) is 15.3 Å². The van der Waals surface area contributed by atoms with Gasteiger partial charge in [0.1, 0.15) is 16.9 Å². The molecule has 1 heterocycles. The fourth-order valence-electron chi connectivity index (χ4n) is 4.00. The van der Waals surface area contributed by atoms with E-state index in [1.807, 2.05) is 0 Å². The number of hydrogen-bond acceptors (Lipinski definition) is 7. The Morgan fingerprint density at radius 2 is 1.49 bits per heavy atom. The van der Waals surface area contributed by atoms with E-state index in [1.165, 1.54) is 12.1 Å². The molecule has 0 bridgehead atoms. The Balaban J connectivity index is 2.07. The van der Waals surface area contributed by atoms with E-state index in [-0.39, 0.29) is 24.5 Å². The molecular formula is C28H37BFN3O8. The van der Waals surface area contributed by atoms with Crippen molar-refractivity contribution in [3.05, 3.63) is 47.8 Å². The van der Waals surface area contributed by atoms with Gasteiger partial charge in [-0.15, -0.1) is 0 Å². The lowest BCUT2D eigenvalue weighted by molar-refractivity contribution is 0.0575. The number of benzene rings is 2. The van der Waals surface area contributed by atoms with Crippen molar-refractivity contribution in [3.8, 4) is 0 Å². The van der Waals surface area contributed by atoms with E-state index in [4.69, 9.17) is 18.8 Å². The highest BCUT2D eigenvalue weighted by molar-refractivity contribution is 6.61. The molecule has 0 saturated carbocycles. The van der Waals surface area contributed by atoms with Gasteiger partial charge in [-0.3, -0.25) is 15.1 Å². The molecule has 13 heteroatoms. The van der Waals surface area contributed by atoms with E-state index in [0.29, 0.717) is 18.8 Å². The van der Waals surface area contributed by atoms with Crippen molar-refractivity contribution in [2.45, 2.75) is 66.2 Å². The van der Waals surface area contributed by atoms with Gasteiger partial charge in [0.15, 0.2) is 5.82 Å². The van der Waals surface area contributed by atoms with Crippen molar-refractivity contribution in [1.82, 2.24) is 0 Å². The third kappa shape index (κ3) is 8.57. The minimum absolute atomic E-state index is 0.0341. The lowest BCUT2D eigenvalue weighted by atomic mass is 9.79. The number of rotatable bonds is 7. The van der Waals surface area contributed by atoms with Crippen LogP contribution in [0.25, 0.3) is 0 Å². The largest absolute Gasteiger partial charge is 0.494 e. The van der Waals surface area contributed by atoms with E-state index in [1.54, 1.807) is 72.7 Å². The van der Waals surface area contributed by atoms with Crippen LogP contribution in [-0.2, 0) is 25.3 Å². The Bertz CT molecular complexity index is 1250. The van der Waals surface area contributed by atoms with Crippen LogP contribution >= 0.6 is 0 Å². The predicted octanol–water partition coefficient (Wildman–Crippen LogP) is 5.36. The summed E-state index contributed by atoms with van der Waals surface area (Å²) in [7, 11) is -0.478. The molecule has 1 aliphatic rings. The Labute approximate surface area is 239 Å². The number of carbonyl (C=O) groups excluding carboxylic acids is 2. The maximum absolute atomic E-state index is 16.3. The topological polar surface area (TPSA) is 127 Å². The van der Waals surface area contributed by atoms with Gasteiger partial charge < -0.3 is 23.9 Å². The third-order valence-electron chi connectivity index (χ3n) is 5.68. The van der Waals surface area contributed by atoms with Gasteiger partial charge >= 0.3 is 25.4 Å². The normalized spacial score (nSPS) is 13.5. The maximum Gasteiger partial charge on any atom is 0.494 e. The molecule has 222 valence electrons. The Kier molecular flexibility index (Phi) is 9.87. The van der Waals surface area contributed by atoms with Crippen LogP contribution < -0.4 is 20.6 Å². The summed E-state index contributed by atoms with van der Waals surface area (Å²) < 4.78 is 38.2. The SMILES string of the molecule is CCN(C(=O)O)c1ccc(N(Cc2ccc(B3OCCO3)cc2)C(=O)OC(C)(C)C)c(F)c1NC(=O)OC(C)(C)C. The van der Waals surface area contributed by atoms with Crippen LogP contribution in [0.2, 0.25) is 0 Å². The summed E-state index contributed by atoms with van der Waals surface area (Å²) in [5.41, 5.74) is -1.18. The van der Waals surface area contributed by atoms with Crippen LogP contribution in [0.1, 0.15) is 54.0 Å². The number of ether oxygens (including phenoxy) is 2. The van der Waals surface area contributed by atoms with Crippen LogP contribution in [0.3, 0.4) is 0 Å². The van der Waals surface area contributed by atoms with Crippen molar-refractivity contribution in [3.63, 3.8) is 0 Å². The summed E-state index contributed by atoms with van der Waals surface area (Å²) in [4.78, 5) is 39.9. The molecule has 2 aromatic carbocycles. The summed E-state index contributed by atoms with van der Waals surface area (Å²) in [6, 6.07) is 9.69. The first-order valence-electron chi connectivity index (χ1n) is 13.2. The molecule has 2 N–H and O–H groups in total. The Morgan fingerprint density at radius 1 is 0.927 bits per heavy atom. The van der Waals surface area contributed by atoms with E-state index in [2.05, 4.69) is 5.32 Å². The average Bonchev–Trinajstić information content (AvgIpc) is 3.38. The number of nitrogens with zero attached hydrogens (tertiary/aromatic N) is 2. The Morgan fingerprint density at radius 3 is 2.00 bits per heavy atom. The first kappa shape index (κ1) is 31.7. The molecule has 11 nitrogen and oxygen atoms in total. The zero-order chi connectivity index (χ0) is 30.5. The van der Waals surface area contributed by atoms with Crippen molar-refractivity contribution in [2.75, 3.05) is 34.9 Å². The maximum atomic E-state index is 16.3. The van der Waals surface area contributed by atoms with Crippen molar-refractivity contribution in [2.24, 2.45) is 0 Å². The van der Waals surface area contributed by atoms with Crippen LogP contribution in [-0.4, -0.2) is 61.5 Å². The molecule has 0 atom stereocenters. The molecule has 3 amide bonds. The highest BCUT2D eigenvalue weighted by atomic mass is 19.1. The summed E-state index contributed by atoms with van der Waals surface area (Å²) >= 11 is 0. The lowest BCUT2D eigenvalue weighted by Crippen LogP contribution is -2.38. The standard InChI is InChI=1S/C28H37BFN3O8/c1-8-32(25(35)36)21-14-13-20(22(30)23(21)31-24(34)40-27(2,3)4)33(26(37)41-28(5,6)7)17-18-9-11-19(12-10-18)29-38-15-16-39-29/h9-14H,8,15-17H2,1-7H3,(H,31,34)(H,35,36). The Hall–Kier alpha value is -3.84. The molecule has 0 aromatic heterocycles. The average molecular weight is 573 g/mol. The molecule has 0 aliphatic carbocycles. The second-order valence-corrected chi connectivity index (χ2v) is 11.3. The fourth-order valence-corrected chi connectivity index (χ4v) is 4.00. The molecule has 0 spiro atoms. The quantitative estimate of drug-likeness (QED) is 0.424. The van der Waals surface area contributed by atoms with Crippen molar-refractivity contribution in [1.29, 1.82) is 0 Å². The number of anilines is 3. The number of carboxylic acid groups (broad SMARTS) is 1. The van der Waals surface area contributed by atoms with Crippen LogP contribution in [0.5, 0.6) is 0 Å². The van der Waals surface area contributed by atoms with Gasteiger partial charge in [-0.25, -0.2) is 18.8 Å². The van der Waals surface area contributed by atoms with E-state index in [9.17, 15) is 19.5 Å². The summed E-state index contributed by atoms with van der Waals surface area (Å²) in [5.74, 6) is -1.04. The second-order valence-electron chi connectivity index (χ2n) is 11.3. The molecule has 0 radical (unpaired) electrons. The van der Waals surface area contributed by atoms with Crippen molar-refractivity contribution < 1.29 is 42.7 Å². The highest BCUT2D eigenvalue weighted by Gasteiger charge is 2.31. The van der Waals surface area contributed by atoms with Gasteiger partial charge in [0, 0.05) is 6.54 Å². The van der Waals surface area contributed by atoms with E-state index >= 15 is 4.39 Å². The van der Waals surface area contributed by atoms with Gasteiger partial charge in [0.25, 0.3) is 0 Å². The van der Waals surface area contributed by atoms with E-state index < -0.39 is 48.1 Å². The fraction of sp³-hybridized carbons (Fsp3) is 0.464. The molecule has 1 saturated heterocycles. The van der Waals surface area contributed by atoms with Crippen LogP contribution in [0.15, 0.2) is 36.4 Å². The molecule has 2 aromatic rings. The minimum atomic E-state index is -1.36. The summed E-state index contributed by atoms with van der Waals surface area (Å²) in [6.07, 6.45) is -3.19. The second kappa shape index (κ2) is 12.8. The molecule has 1 aliphatic heterocycles.